The number of rotatable bonds is 3. The summed E-state index contributed by atoms with van der Waals surface area (Å²) in [5.41, 5.74) is 8.31. The van der Waals surface area contributed by atoms with E-state index in [0.29, 0.717) is 16.9 Å². The van der Waals surface area contributed by atoms with Crippen LogP contribution in [-0.4, -0.2) is 54.8 Å². The van der Waals surface area contributed by atoms with Crippen LogP contribution in [0.2, 0.25) is 0 Å². The summed E-state index contributed by atoms with van der Waals surface area (Å²) >= 11 is 1.55. The van der Waals surface area contributed by atoms with Crippen molar-refractivity contribution in [1.29, 1.82) is 0 Å². The van der Waals surface area contributed by atoms with Crippen LogP contribution in [0.5, 0.6) is 0 Å². The number of nitrogen functional groups attached to an aromatic ring is 1. The van der Waals surface area contributed by atoms with Gasteiger partial charge in [-0.05, 0) is 22.4 Å². The Morgan fingerprint density at radius 2 is 2.12 bits per heavy atom. The Morgan fingerprint density at radius 1 is 1.29 bits per heavy atom. The van der Waals surface area contributed by atoms with Crippen LogP contribution in [-0.2, 0) is 4.74 Å². The molecule has 0 saturated carbocycles. The molecule has 0 amide bonds. The van der Waals surface area contributed by atoms with Gasteiger partial charge in [0, 0.05) is 11.8 Å². The van der Waals surface area contributed by atoms with Gasteiger partial charge in [-0.15, -0.1) is 0 Å². The van der Waals surface area contributed by atoms with Crippen LogP contribution in [0.1, 0.15) is 6.23 Å². The maximum atomic E-state index is 10.3. The van der Waals surface area contributed by atoms with E-state index in [9.17, 15) is 15.3 Å². The number of nitrogens with two attached hydrogens (primary N) is 1. The van der Waals surface area contributed by atoms with Gasteiger partial charge in [-0.2, -0.15) is 11.3 Å². The van der Waals surface area contributed by atoms with Crippen molar-refractivity contribution in [3.05, 3.63) is 29.4 Å². The molecule has 8 nitrogen and oxygen atoms in total. The highest BCUT2D eigenvalue weighted by Gasteiger charge is 2.44. The van der Waals surface area contributed by atoms with Crippen molar-refractivity contribution in [2.45, 2.75) is 24.5 Å². The van der Waals surface area contributed by atoms with Crippen LogP contribution < -0.4 is 5.73 Å². The third-order valence-electron chi connectivity index (χ3n) is 4.26. The van der Waals surface area contributed by atoms with E-state index >= 15 is 0 Å². The molecule has 0 aromatic carbocycles. The molecule has 3 aromatic rings. The Balaban J connectivity index is 1.90. The molecule has 3 aromatic heterocycles. The molecular weight excluding hydrogens is 332 g/mol. The van der Waals surface area contributed by atoms with Gasteiger partial charge in [-0.3, -0.25) is 0 Å². The van der Waals surface area contributed by atoms with Gasteiger partial charge in [0.05, 0.1) is 12.0 Å². The minimum atomic E-state index is -1.19. The summed E-state index contributed by atoms with van der Waals surface area (Å²) in [5.74, 6) is 0.326. The second-order valence-electron chi connectivity index (χ2n) is 5.65. The van der Waals surface area contributed by atoms with Gasteiger partial charge in [0.25, 0.3) is 0 Å². The predicted molar refractivity (Wildman–Crippen MR) is 88.3 cm³/mol. The molecule has 1 fully saturated rings. The standard InChI is InChI=1S/C15H16N4O4S/c16-13-10-8(7-1-2-24-5-7)3-19(14(10)18-6-17-13)15-12(22)11(21)9(4-20)23-15/h1-3,5-6,9,11-12,15,20-22H,4H2,(H2,16,17,18)/t9-,11?,12+,15-/m1/s1. The number of ether oxygens (including phenoxy) is 1. The molecule has 4 heterocycles. The first-order valence-corrected chi connectivity index (χ1v) is 8.32. The third kappa shape index (κ3) is 2.21. The van der Waals surface area contributed by atoms with Crippen molar-refractivity contribution in [2.75, 3.05) is 12.3 Å². The second kappa shape index (κ2) is 5.80. The second-order valence-corrected chi connectivity index (χ2v) is 6.43. The van der Waals surface area contributed by atoms with Gasteiger partial charge in [-0.1, -0.05) is 0 Å². The molecular formula is C15H16N4O4S. The lowest BCUT2D eigenvalue weighted by Crippen LogP contribution is -2.33. The van der Waals surface area contributed by atoms with Crippen molar-refractivity contribution in [3.63, 3.8) is 0 Å². The molecule has 5 N–H and O–H groups in total. The molecule has 1 saturated heterocycles. The summed E-state index contributed by atoms with van der Waals surface area (Å²) in [5, 5.41) is 34.2. The number of hydrogen-bond acceptors (Lipinski definition) is 8. The van der Waals surface area contributed by atoms with Crippen molar-refractivity contribution < 1.29 is 20.1 Å². The first-order valence-electron chi connectivity index (χ1n) is 7.38. The number of nitrogens with zero attached hydrogens (tertiary/aromatic N) is 3. The zero-order chi connectivity index (χ0) is 16.8. The van der Waals surface area contributed by atoms with Crippen LogP contribution in [0.25, 0.3) is 22.2 Å². The average molecular weight is 348 g/mol. The number of thiophene rings is 1. The lowest BCUT2D eigenvalue weighted by Gasteiger charge is -2.17. The van der Waals surface area contributed by atoms with Crippen LogP contribution in [0, 0.1) is 0 Å². The van der Waals surface area contributed by atoms with Crippen LogP contribution in [0.3, 0.4) is 0 Å². The van der Waals surface area contributed by atoms with E-state index in [4.69, 9.17) is 10.5 Å². The molecule has 1 unspecified atom stereocenters. The number of hydrogen-bond donors (Lipinski definition) is 4. The highest BCUT2D eigenvalue weighted by molar-refractivity contribution is 7.08. The SMILES string of the molecule is Nc1ncnc2c1c(-c1ccsc1)cn2[C@@H]1O[C@H](CO)C(O)[C@@H]1O. The third-order valence-corrected chi connectivity index (χ3v) is 4.95. The summed E-state index contributed by atoms with van der Waals surface area (Å²) in [7, 11) is 0. The molecule has 0 radical (unpaired) electrons. The fraction of sp³-hybridized carbons (Fsp3) is 0.333. The highest BCUT2D eigenvalue weighted by Crippen LogP contribution is 2.38. The van der Waals surface area contributed by atoms with E-state index in [2.05, 4.69) is 9.97 Å². The zero-order valence-corrected chi connectivity index (χ0v) is 13.3. The summed E-state index contributed by atoms with van der Waals surface area (Å²) < 4.78 is 7.24. The van der Waals surface area contributed by atoms with Gasteiger partial charge in [0.2, 0.25) is 0 Å². The van der Waals surface area contributed by atoms with E-state index in [1.54, 1.807) is 22.1 Å². The normalized spacial score (nSPS) is 27.1. The van der Waals surface area contributed by atoms with Crippen molar-refractivity contribution in [3.8, 4) is 11.1 Å². The topological polar surface area (TPSA) is 127 Å². The summed E-state index contributed by atoms with van der Waals surface area (Å²) in [4.78, 5) is 8.31. The molecule has 0 aliphatic carbocycles. The van der Waals surface area contributed by atoms with Crippen molar-refractivity contribution >= 4 is 28.2 Å². The van der Waals surface area contributed by atoms with E-state index in [0.717, 1.165) is 11.1 Å². The molecule has 1 aliphatic heterocycles. The zero-order valence-electron chi connectivity index (χ0n) is 12.5. The smallest absolute Gasteiger partial charge is 0.164 e. The van der Waals surface area contributed by atoms with Crippen LogP contribution in [0.15, 0.2) is 29.4 Å². The fourth-order valence-electron chi connectivity index (χ4n) is 3.05. The maximum absolute atomic E-state index is 10.3. The molecule has 1 aliphatic rings. The van der Waals surface area contributed by atoms with Gasteiger partial charge in [-0.25, -0.2) is 9.97 Å². The van der Waals surface area contributed by atoms with Gasteiger partial charge >= 0.3 is 0 Å². The lowest BCUT2D eigenvalue weighted by molar-refractivity contribution is -0.0508. The lowest BCUT2D eigenvalue weighted by atomic mass is 10.1. The largest absolute Gasteiger partial charge is 0.394 e. The molecule has 0 bridgehead atoms. The quantitative estimate of drug-likeness (QED) is 0.538. The van der Waals surface area contributed by atoms with E-state index in [1.807, 2.05) is 16.8 Å². The molecule has 0 spiro atoms. The Kier molecular flexibility index (Phi) is 3.74. The van der Waals surface area contributed by atoms with E-state index in [-0.39, 0.29) is 6.61 Å². The van der Waals surface area contributed by atoms with Crippen molar-refractivity contribution in [1.82, 2.24) is 14.5 Å². The Bertz CT molecular complexity index is 866. The molecule has 4 rings (SSSR count). The summed E-state index contributed by atoms with van der Waals surface area (Å²) in [6.45, 7) is -0.386. The monoisotopic (exact) mass is 348 g/mol. The van der Waals surface area contributed by atoms with Crippen LogP contribution in [0.4, 0.5) is 5.82 Å². The van der Waals surface area contributed by atoms with Crippen LogP contribution >= 0.6 is 11.3 Å². The van der Waals surface area contributed by atoms with Gasteiger partial charge in [0.1, 0.15) is 36.1 Å². The molecule has 126 valence electrons. The number of aliphatic hydroxyl groups excluding tert-OH is 3. The predicted octanol–water partition coefficient (Wildman–Crippen LogP) is 0.353. The van der Waals surface area contributed by atoms with Gasteiger partial charge in [0.15, 0.2) is 6.23 Å². The van der Waals surface area contributed by atoms with Gasteiger partial charge < -0.3 is 30.4 Å². The Labute approximate surface area is 140 Å². The number of fused-ring (bicyclic) bond motifs is 1. The average Bonchev–Trinajstić information content (AvgIpc) is 3.28. The minimum absolute atomic E-state index is 0.326. The van der Waals surface area contributed by atoms with E-state index in [1.165, 1.54) is 6.33 Å². The van der Waals surface area contributed by atoms with E-state index < -0.39 is 24.5 Å². The number of aromatic nitrogens is 3. The maximum Gasteiger partial charge on any atom is 0.164 e. The first kappa shape index (κ1) is 15.5. The first-order chi connectivity index (χ1) is 11.6. The molecule has 9 heteroatoms. The van der Waals surface area contributed by atoms with Crippen molar-refractivity contribution in [2.24, 2.45) is 0 Å². The molecule has 4 atom stereocenters. The fourth-order valence-corrected chi connectivity index (χ4v) is 3.70. The Morgan fingerprint density at radius 3 is 2.79 bits per heavy atom. The Hall–Kier alpha value is -2.04. The number of aliphatic hydroxyl groups is 3. The molecule has 24 heavy (non-hydrogen) atoms. The number of anilines is 1. The highest BCUT2D eigenvalue weighted by atomic mass is 32.1. The summed E-state index contributed by atoms with van der Waals surface area (Å²) in [6.07, 6.45) is -0.983. The summed E-state index contributed by atoms with van der Waals surface area (Å²) in [6, 6.07) is 1.95. The minimum Gasteiger partial charge on any atom is -0.394 e.